The van der Waals surface area contributed by atoms with Crippen molar-refractivity contribution in [2.45, 2.75) is 29.0 Å². The topological polar surface area (TPSA) is 104 Å². The lowest BCUT2D eigenvalue weighted by Gasteiger charge is -2.13. The SMILES string of the molecule is O=C(O)Cc1ccc(S(=O)(=O)NC2(CO)CC2)s1. The standard InChI is InChI=1S/C10H13NO5S2/c12-6-10(3-4-10)11-18(15,16)9-2-1-7(17-9)5-8(13)14/h1-2,11-12H,3-6H2,(H,13,14). The van der Waals surface area contributed by atoms with E-state index >= 15 is 0 Å². The van der Waals surface area contributed by atoms with Gasteiger partial charge in [-0.15, -0.1) is 11.3 Å². The number of sulfonamides is 1. The Balaban J connectivity index is 2.15. The van der Waals surface area contributed by atoms with Gasteiger partial charge in [-0.1, -0.05) is 0 Å². The summed E-state index contributed by atoms with van der Waals surface area (Å²) in [6, 6.07) is 2.88. The van der Waals surface area contributed by atoms with E-state index in [0.717, 1.165) is 11.3 Å². The Hall–Kier alpha value is -0.960. The van der Waals surface area contributed by atoms with E-state index in [1.807, 2.05) is 0 Å². The van der Waals surface area contributed by atoms with Crippen LogP contribution in [0.5, 0.6) is 0 Å². The first-order chi connectivity index (χ1) is 8.37. The molecule has 0 saturated heterocycles. The van der Waals surface area contributed by atoms with Crippen LogP contribution in [0.1, 0.15) is 17.7 Å². The van der Waals surface area contributed by atoms with E-state index in [1.165, 1.54) is 12.1 Å². The van der Waals surface area contributed by atoms with Crippen molar-refractivity contribution >= 4 is 27.3 Å². The van der Waals surface area contributed by atoms with E-state index in [0.29, 0.717) is 17.7 Å². The highest BCUT2D eigenvalue weighted by Crippen LogP contribution is 2.36. The van der Waals surface area contributed by atoms with Crippen LogP contribution in [0, 0.1) is 0 Å². The number of hydrogen-bond donors (Lipinski definition) is 3. The second-order valence-corrected chi connectivity index (χ2v) is 7.41. The summed E-state index contributed by atoms with van der Waals surface area (Å²) in [5.74, 6) is -0.997. The maximum Gasteiger partial charge on any atom is 0.308 e. The predicted molar refractivity (Wildman–Crippen MR) is 65.0 cm³/mol. The zero-order valence-corrected chi connectivity index (χ0v) is 11.1. The number of aliphatic hydroxyl groups is 1. The van der Waals surface area contributed by atoms with Crippen LogP contribution in [0.2, 0.25) is 0 Å². The van der Waals surface area contributed by atoms with Gasteiger partial charge in [-0.3, -0.25) is 4.79 Å². The van der Waals surface area contributed by atoms with E-state index in [9.17, 15) is 13.2 Å². The first kappa shape index (κ1) is 13.5. The molecule has 8 heteroatoms. The average Bonchev–Trinajstić information content (AvgIpc) is 2.85. The number of carboxylic acid groups (broad SMARTS) is 1. The van der Waals surface area contributed by atoms with Gasteiger partial charge in [0.2, 0.25) is 0 Å². The lowest BCUT2D eigenvalue weighted by molar-refractivity contribution is -0.136. The Labute approximate surface area is 108 Å². The summed E-state index contributed by atoms with van der Waals surface area (Å²) in [7, 11) is -3.67. The molecule has 1 aliphatic rings. The smallest absolute Gasteiger partial charge is 0.308 e. The number of aliphatic carboxylic acids is 1. The lowest BCUT2D eigenvalue weighted by atomic mass is 10.3. The molecule has 3 N–H and O–H groups in total. The molecule has 6 nitrogen and oxygen atoms in total. The van der Waals surface area contributed by atoms with E-state index in [4.69, 9.17) is 10.2 Å². The van der Waals surface area contributed by atoms with Crippen molar-refractivity contribution in [3.63, 3.8) is 0 Å². The van der Waals surface area contributed by atoms with Crippen molar-refractivity contribution < 1.29 is 23.4 Å². The number of hydrogen-bond acceptors (Lipinski definition) is 5. The zero-order valence-electron chi connectivity index (χ0n) is 9.42. The lowest BCUT2D eigenvalue weighted by Crippen LogP contribution is -2.39. The summed E-state index contributed by atoms with van der Waals surface area (Å²) >= 11 is 0.934. The molecule has 0 aliphatic heterocycles. The summed E-state index contributed by atoms with van der Waals surface area (Å²) in [4.78, 5) is 11.0. The molecule has 0 aromatic carbocycles. The van der Waals surface area contributed by atoms with Crippen LogP contribution in [0.3, 0.4) is 0 Å². The van der Waals surface area contributed by atoms with Gasteiger partial charge in [0.05, 0.1) is 18.6 Å². The predicted octanol–water partition coefficient (Wildman–Crippen LogP) is 0.178. The maximum atomic E-state index is 12.0. The summed E-state index contributed by atoms with van der Waals surface area (Å²) in [5.41, 5.74) is -0.713. The molecule has 1 aromatic heterocycles. The Bertz CT molecular complexity index is 559. The van der Waals surface area contributed by atoms with Crippen molar-refractivity contribution in [1.82, 2.24) is 4.72 Å². The van der Waals surface area contributed by atoms with E-state index in [-0.39, 0.29) is 17.2 Å². The molecule has 0 bridgehead atoms. The highest BCUT2D eigenvalue weighted by Gasteiger charge is 2.45. The van der Waals surface area contributed by atoms with Crippen molar-refractivity contribution in [1.29, 1.82) is 0 Å². The molecule has 2 rings (SSSR count). The fraction of sp³-hybridized carbons (Fsp3) is 0.500. The Morgan fingerprint density at radius 2 is 2.11 bits per heavy atom. The molecule has 1 heterocycles. The van der Waals surface area contributed by atoms with Crippen LogP contribution < -0.4 is 4.72 Å². The Morgan fingerprint density at radius 3 is 2.61 bits per heavy atom. The van der Waals surface area contributed by atoms with Crippen LogP contribution in [-0.2, 0) is 21.2 Å². The summed E-state index contributed by atoms with van der Waals surface area (Å²) in [5, 5.41) is 17.7. The third-order valence-corrected chi connectivity index (χ3v) is 5.89. The average molecular weight is 291 g/mol. The summed E-state index contributed by atoms with van der Waals surface area (Å²) in [6.07, 6.45) is 1.05. The third-order valence-electron chi connectivity index (χ3n) is 2.73. The van der Waals surface area contributed by atoms with Crippen molar-refractivity contribution in [3.05, 3.63) is 17.0 Å². The molecule has 0 radical (unpaired) electrons. The number of nitrogens with one attached hydrogen (secondary N) is 1. The van der Waals surface area contributed by atoms with Gasteiger partial charge in [0.15, 0.2) is 0 Å². The molecule has 0 spiro atoms. The summed E-state index contributed by atoms with van der Waals surface area (Å²) in [6.45, 7) is -0.223. The number of aliphatic hydroxyl groups excluding tert-OH is 1. The van der Waals surface area contributed by atoms with Gasteiger partial charge in [-0.05, 0) is 25.0 Å². The fourth-order valence-corrected chi connectivity index (χ4v) is 4.32. The normalized spacial score (nSPS) is 17.6. The van der Waals surface area contributed by atoms with Crippen molar-refractivity contribution in [3.8, 4) is 0 Å². The van der Waals surface area contributed by atoms with Gasteiger partial charge in [-0.2, -0.15) is 0 Å². The quantitative estimate of drug-likeness (QED) is 0.693. The molecule has 1 aliphatic carbocycles. The van der Waals surface area contributed by atoms with E-state index in [1.54, 1.807) is 0 Å². The van der Waals surface area contributed by atoms with Crippen LogP contribution in [0.4, 0.5) is 0 Å². The largest absolute Gasteiger partial charge is 0.481 e. The minimum absolute atomic E-state index is 0.0819. The minimum atomic E-state index is -3.67. The van der Waals surface area contributed by atoms with Gasteiger partial charge >= 0.3 is 5.97 Å². The molecule has 0 unspecified atom stereocenters. The second kappa shape index (κ2) is 4.61. The Morgan fingerprint density at radius 1 is 1.44 bits per heavy atom. The van der Waals surface area contributed by atoms with Crippen LogP contribution >= 0.6 is 11.3 Å². The van der Waals surface area contributed by atoms with Gasteiger partial charge in [0, 0.05) is 4.88 Å². The van der Waals surface area contributed by atoms with E-state index < -0.39 is 21.5 Å². The second-order valence-electron chi connectivity index (χ2n) is 4.34. The van der Waals surface area contributed by atoms with Crippen LogP contribution in [0.15, 0.2) is 16.3 Å². The van der Waals surface area contributed by atoms with Gasteiger partial charge in [0.1, 0.15) is 4.21 Å². The molecular formula is C10H13NO5S2. The molecule has 18 heavy (non-hydrogen) atoms. The number of thiophene rings is 1. The van der Waals surface area contributed by atoms with Crippen LogP contribution in [0.25, 0.3) is 0 Å². The van der Waals surface area contributed by atoms with Gasteiger partial charge < -0.3 is 10.2 Å². The zero-order chi connectivity index (χ0) is 13.4. The first-order valence-electron chi connectivity index (χ1n) is 5.32. The molecule has 1 fully saturated rings. The number of carbonyl (C=O) groups is 1. The molecular weight excluding hydrogens is 278 g/mol. The number of rotatable bonds is 6. The summed E-state index contributed by atoms with van der Waals surface area (Å²) < 4.78 is 26.5. The minimum Gasteiger partial charge on any atom is -0.481 e. The molecule has 100 valence electrons. The Kier molecular flexibility index (Phi) is 3.45. The van der Waals surface area contributed by atoms with Crippen molar-refractivity contribution in [2.75, 3.05) is 6.61 Å². The molecule has 1 aromatic rings. The fourth-order valence-electron chi connectivity index (χ4n) is 1.53. The molecule has 0 amide bonds. The number of carboxylic acids is 1. The first-order valence-corrected chi connectivity index (χ1v) is 7.62. The molecule has 1 saturated carbocycles. The molecule has 0 atom stereocenters. The third kappa shape index (κ3) is 2.89. The monoisotopic (exact) mass is 291 g/mol. The van der Waals surface area contributed by atoms with Crippen molar-refractivity contribution in [2.24, 2.45) is 0 Å². The van der Waals surface area contributed by atoms with Gasteiger partial charge in [0.25, 0.3) is 10.0 Å². The van der Waals surface area contributed by atoms with Crippen LogP contribution in [-0.4, -0.2) is 36.7 Å². The highest BCUT2D eigenvalue weighted by molar-refractivity contribution is 7.91. The highest BCUT2D eigenvalue weighted by atomic mass is 32.2. The maximum absolute atomic E-state index is 12.0. The van der Waals surface area contributed by atoms with Gasteiger partial charge in [-0.25, -0.2) is 13.1 Å². The van der Waals surface area contributed by atoms with E-state index in [2.05, 4.69) is 4.72 Å².